The molecule has 0 saturated carbocycles. The van der Waals surface area contributed by atoms with Gasteiger partial charge in [-0.2, -0.15) is 0 Å². The van der Waals surface area contributed by atoms with Crippen molar-refractivity contribution in [3.05, 3.63) is 36.2 Å². The Balaban J connectivity index is 2.00. The first kappa shape index (κ1) is 15.3. The summed E-state index contributed by atoms with van der Waals surface area (Å²) in [5, 5.41) is 3.03. The summed E-state index contributed by atoms with van der Waals surface area (Å²) in [5.74, 6) is 1.39. The Bertz CT molecular complexity index is 692. The zero-order valence-corrected chi connectivity index (χ0v) is 12.9. The van der Waals surface area contributed by atoms with E-state index in [0.717, 1.165) is 11.5 Å². The van der Waals surface area contributed by atoms with Crippen LogP contribution in [0.15, 0.2) is 40.0 Å². The highest BCUT2D eigenvalue weighted by molar-refractivity contribution is 7.89. The van der Waals surface area contributed by atoms with Gasteiger partial charge in [0.25, 0.3) is 10.0 Å². The van der Waals surface area contributed by atoms with Crippen molar-refractivity contribution in [1.82, 2.24) is 9.71 Å². The Morgan fingerprint density at radius 2 is 2.00 bits per heavy atom. The van der Waals surface area contributed by atoms with Gasteiger partial charge in [-0.05, 0) is 31.3 Å². The first-order chi connectivity index (χ1) is 9.92. The van der Waals surface area contributed by atoms with Gasteiger partial charge in [-0.1, -0.05) is 0 Å². The molecule has 0 saturated heterocycles. The predicted octanol–water partition coefficient (Wildman–Crippen LogP) is 1.26. The Morgan fingerprint density at radius 3 is 2.57 bits per heavy atom. The van der Waals surface area contributed by atoms with Crippen LogP contribution in [-0.2, 0) is 16.6 Å². The van der Waals surface area contributed by atoms with Gasteiger partial charge in [-0.15, -0.1) is 0 Å². The molecule has 2 aromatic heterocycles. The molecule has 21 heavy (non-hydrogen) atoms. The van der Waals surface area contributed by atoms with Gasteiger partial charge in [0.1, 0.15) is 11.6 Å². The van der Waals surface area contributed by atoms with Gasteiger partial charge in [0, 0.05) is 14.1 Å². The van der Waals surface area contributed by atoms with Crippen molar-refractivity contribution in [1.29, 1.82) is 0 Å². The number of aromatic nitrogens is 1. The van der Waals surface area contributed by atoms with Crippen molar-refractivity contribution >= 4 is 21.5 Å². The number of hydrogen-bond acceptors (Lipinski definition) is 6. The van der Waals surface area contributed by atoms with Crippen LogP contribution in [0.4, 0.5) is 11.5 Å². The molecule has 0 aliphatic carbocycles. The molecule has 7 nitrogen and oxygen atoms in total. The normalized spacial score (nSPS) is 11.4. The third-order valence-electron chi connectivity index (χ3n) is 2.84. The molecule has 2 heterocycles. The first-order valence-corrected chi connectivity index (χ1v) is 7.80. The molecule has 0 atom stereocenters. The SMILES string of the molecule is CNS(=O)(=O)c1ccc(CNc2ccc(N(C)C)nc2)o1. The fourth-order valence-corrected chi connectivity index (χ4v) is 2.31. The maximum absolute atomic E-state index is 11.5. The molecule has 2 N–H and O–H groups in total. The van der Waals surface area contributed by atoms with Crippen molar-refractivity contribution in [2.75, 3.05) is 31.4 Å². The van der Waals surface area contributed by atoms with Crippen LogP contribution >= 0.6 is 0 Å². The number of hydrogen-bond donors (Lipinski definition) is 2. The summed E-state index contributed by atoms with van der Waals surface area (Å²) in [6, 6.07) is 6.84. The number of nitrogens with zero attached hydrogens (tertiary/aromatic N) is 2. The van der Waals surface area contributed by atoms with E-state index in [1.54, 1.807) is 12.3 Å². The quantitative estimate of drug-likeness (QED) is 0.835. The molecule has 0 aliphatic heterocycles. The maximum Gasteiger partial charge on any atom is 0.273 e. The molecular weight excluding hydrogens is 292 g/mol. The van der Waals surface area contributed by atoms with Gasteiger partial charge >= 0.3 is 0 Å². The van der Waals surface area contributed by atoms with Gasteiger partial charge in [0.2, 0.25) is 5.09 Å². The summed E-state index contributed by atoms with van der Waals surface area (Å²) in [7, 11) is 1.64. The molecule has 0 amide bonds. The third kappa shape index (κ3) is 3.73. The van der Waals surface area contributed by atoms with E-state index in [1.165, 1.54) is 13.1 Å². The first-order valence-electron chi connectivity index (χ1n) is 6.32. The molecule has 2 aromatic rings. The monoisotopic (exact) mass is 310 g/mol. The van der Waals surface area contributed by atoms with Gasteiger partial charge in [0.15, 0.2) is 0 Å². The highest BCUT2D eigenvalue weighted by Gasteiger charge is 2.16. The highest BCUT2D eigenvalue weighted by Crippen LogP contribution is 2.16. The largest absolute Gasteiger partial charge is 0.446 e. The number of furan rings is 1. The smallest absolute Gasteiger partial charge is 0.273 e. The summed E-state index contributed by atoms with van der Waals surface area (Å²) in [6.45, 7) is 0.377. The Labute approximate surface area is 124 Å². The van der Waals surface area contributed by atoms with E-state index in [1.807, 2.05) is 31.1 Å². The lowest BCUT2D eigenvalue weighted by Crippen LogP contribution is -2.17. The number of sulfonamides is 1. The van der Waals surface area contributed by atoms with E-state index in [-0.39, 0.29) is 5.09 Å². The van der Waals surface area contributed by atoms with Crippen LogP contribution in [0.25, 0.3) is 0 Å². The van der Waals surface area contributed by atoms with Crippen LogP contribution in [0, 0.1) is 0 Å². The van der Waals surface area contributed by atoms with Gasteiger partial charge in [-0.3, -0.25) is 0 Å². The molecule has 114 valence electrons. The molecule has 0 bridgehead atoms. The van der Waals surface area contributed by atoms with Crippen LogP contribution in [0.5, 0.6) is 0 Å². The second-order valence-corrected chi connectivity index (χ2v) is 6.40. The lowest BCUT2D eigenvalue weighted by atomic mass is 10.3. The van der Waals surface area contributed by atoms with Gasteiger partial charge < -0.3 is 14.6 Å². The fraction of sp³-hybridized carbons (Fsp3) is 0.308. The van der Waals surface area contributed by atoms with Crippen LogP contribution < -0.4 is 14.9 Å². The second-order valence-electron chi connectivity index (χ2n) is 4.58. The van der Waals surface area contributed by atoms with E-state index in [2.05, 4.69) is 15.0 Å². The molecule has 0 aliphatic rings. The molecule has 0 aromatic carbocycles. The standard InChI is InChI=1S/C13H18N4O3S/c1-14-21(18,19)13-7-5-11(20-13)9-15-10-4-6-12(16-8-10)17(2)3/h4-8,14-15H,9H2,1-3H3. The van der Waals surface area contributed by atoms with E-state index >= 15 is 0 Å². The number of nitrogens with one attached hydrogen (secondary N) is 2. The summed E-state index contributed by atoms with van der Waals surface area (Å²) in [4.78, 5) is 6.18. The number of pyridine rings is 1. The molecular formula is C13H18N4O3S. The van der Waals surface area contributed by atoms with E-state index < -0.39 is 10.0 Å². The van der Waals surface area contributed by atoms with Crippen LogP contribution in [0.3, 0.4) is 0 Å². The van der Waals surface area contributed by atoms with Crippen molar-refractivity contribution < 1.29 is 12.8 Å². The van der Waals surface area contributed by atoms with E-state index in [4.69, 9.17) is 4.42 Å². The summed E-state index contributed by atoms with van der Waals surface area (Å²) in [5.41, 5.74) is 0.829. The average molecular weight is 310 g/mol. The molecule has 0 fully saturated rings. The minimum absolute atomic E-state index is 0.0946. The summed E-state index contributed by atoms with van der Waals surface area (Å²) < 4.78 is 30.6. The van der Waals surface area contributed by atoms with Crippen LogP contribution in [0.1, 0.15) is 5.76 Å². The second kappa shape index (κ2) is 6.15. The molecule has 0 unspecified atom stereocenters. The van der Waals surface area contributed by atoms with Crippen LogP contribution in [0.2, 0.25) is 0 Å². The summed E-state index contributed by atoms with van der Waals surface area (Å²) >= 11 is 0. The Kier molecular flexibility index (Phi) is 4.49. The van der Waals surface area contributed by atoms with E-state index in [9.17, 15) is 8.42 Å². The van der Waals surface area contributed by atoms with Gasteiger partial charge in [-0.25, -0.2) is 18.1 Å². The molecule has 2 rings (SSSR count). The van der Waals surface area contributed by atoms with Crippen LogP contribution in [-0.4, -0.2) is 34.5 Å². The maximum atomic E-state index is 11.5. The Morgan fingerprint density at radius 1 is 1.24 bits per heavy atom. The fourth-order valence-electron chi connectivity index (χ4n) is 1.64. The highest BCUT2D eigenvalue weighted by atomic mass is 32.2. The van der Waals surface area contributed by atoms with Crippen molar-refractivity contribution in [3.63, 3.8) is 0 Å². The third-order valence-corrected chi connectivity index (χ3v) is 4.13. The van der Waals surface area contributed by atoms with E-state index in [0.29, 0.717) is 12.3 Å². The average Bonchev–Trinajstić information content (AvgIpc) is 2.95. The molecule has 0 spiro atoms. The van der Waals surface area contributed by atoms with Crippen molar-refractivity contribution in [3.8, 4) is 0 Å². The lowest BCUT2D eigenvalue weighted by Gasteiger charge is -2.11. The minimum Gasteiger partial charge on any atom is -0.446 e. The Hall–Kier alpha value is -2.06. The predicted molar refractivity (Wildman–Crippen MR) is 80.8 cm³/mol. The minimum atomic E-state index is -3.54. The van der Waals surface area contributed by atoms with Gasteiger partial charge in [0.05, 0.1) is 18.4 Å². The molecule has 8 heteroatoms. The lowest BCUT2D eigenvalue weighted by molar-refractivity contribution is 0.417. The zero-order valence-electron chi connectivity index (χ0n) is 12.1. The zero-order chi connectivity index (χ0) is 15.5. The van der Waals surface area contributed by atoms with Crippen molar-refractivity contribution in [2.24, 2.45) is 0 Å². The topological polar surface area (TPSA) is 87.5 Å². The molecule has 0 radical (unpaired) electrons. The summed E-state index contributed by atoms with van der Waals surface area (Å²) in [6.07, 6.45) is 1.71. The van der Waals surface area contributed by atoms with Crippen molar-refractivity contribution in [2.45, 2.75) is 11.6 Å². The number of rotatable bonds is 6. The number of anilines is 2.